The lowest BCUT2D eigenvalue weighted by molar-refractivity contribution is 0.362. The number of fused-ring (bicyclic) bond motifs is 1. The van der Waals surface area contributed by atoms with Crippen LogP contribution in [0.3, 0.4) is 0 Å². The monoisotopic (exact) mass is 494 g/mol. The third kappa shape index (κ3) is 3.91. The van der Waals surface area contributed by atoms with Crippen molar-refractivity contribution in [2.75, 3.05) is 6.26 Å². The Morgan fingerprint density at radius 3 is 2.55 bits per heavy atom. The second-order valence-corrected chi connectivity index (χ2v) is 8.50. The maximum atomic E-state index is 12.9. The van der Waals surface area contributed by atoms with Crippen LogP contribution in [-0.2, 0) is 6.54 Å². The number of rotatable bonds is 5. The molecule has 8 nitrogen and oxygen atoms in total. The van der Waals surface area contributed by atoms with Crippen molar-refractivity contribution in [1.82, 2.24) is 29.5 Å². The predicted octanol–water partition coefficient (Wildman–Crippen LogP) is 4.14. The Morgan fingerprint density at radius 1 is 1.06 bits per heavy atom. The third-order valence-electron chi connectivity index (χ3n) is 4.73. The van der Waals surface area contributed by atoms with E-state index in [2.05, 4.69) is 36.3 Å². The Bertz CT molecular complexity index is 1420. The molecule has 5 aromatic rings. The maximum Gasteiger partial charge on any atom is 0.293 e. The normalized spacial score (nSPS) is 11.3. The number of thioether (sulfide) groups is 1. The van der Waals surface area contributed by atoms with Crippen LogP contribution in [0.15, 0.2) is 79.6 Å². The van der Waals surface area contributed by atoms with E-state index in [4.69, 9.17) is 4.52 Å². The molecule has 0 aliphatic carbocycles. The van der Waals surface area contributed by atoms with Crippen molar-refractivity contribution >= 4 is 33.2 Å². The van der Waals surface area contributed by atoms with Gasteiger partial charge in [0.15, 0.2) is 0 Å². The van der Waals surface area contributed by atoms with E-state index in [1.54, 1.807) is 17.8 Å². The summed E-state index contributed by atoms with van der Waals surface area (Å²) in [4.78, 5) is 18.5. The lowest BCUT2D eigenvalue weighted by Crippen LogP contribution is -2.25. The molecule has 0 N–H and O–H groups in total. The first-order valence-electron chi connectivity index (χ1n) is 9.29. The minimum atomic E-state index is -0.289. The zero-order chi connectivity index (χ0) is 21.4. The van der Waals surface area contributed by atoms with E-state index in [1.807, 2.05) is 54.8 Å². The fourth-order valence-corrected chi connectivity index (χ4v) is 3.79. The van der Waals surface area contributed by atoms with Gasteiger partial charge in [0, 0.05) is 20.5 Å². The Morgan fingerprint density at radius 2 is 1.81 bits per heavy atom. The zero-order valence-electron chi connectivity index (χ0n) is 16.3. The van der Waals surface area contributed by atoms with Crippen molar-refractivity contribution in [3.63, 3.8) is 0 Å². The molecule has 0 amide bonds. The predicted molar refractivity (Wildman–Crippen MR) is 121 cm³/mol. The van der Waals surface area contributed by atoms with Crippen LogP contribution in [0.5, 0.6) is 0 Å². The van der Waals surface area contributed by atoms with Crippen LogP contribution in [0.25, 0.3) is 28.2 Å². The van der Waals surface area contributed by atoms with Crippen LogP contribution in [0, 0.1) is 0 Å². The molecule has 0 saturated heterocycles. The smallest absolute Gasteiger partial charge is 0.293 e. The molecule has 3 heterocycles. The van der Waals surface area contributed by atoms with Crippen molar-refractivity contribution in [1.29, 1.82) is 0 Å². The highest BCUT2D eigenvalue weighted by Gasteiger charge is 2.14. The fraction of sp³-hybridized carbons (Fsp3) is 0.0952. The second kappa shape index (κ2) is 8.12. The highest BCUT2D eigenvalue weighted by atomic mass is 79.9. The van der Waals surface area contributed by atoms with Gasteiger partial charge in [0.25, 0.3) is 5.56 Å². The average Bonchev–Trinajstić information content (AvgIpc) is 3.44. The van der Waals surface area contributed by atoms with Gasteiger partial charge < -0.3 is 4.52 Å². The third-order valence-corrected chi connectivity index (χ3v) is 6.00. The molecule has 0 radical (unpaired) electrons. The molecule has 5 rings (SSSR count). The number of benzene rings is 2. The summed E-state index contributed by atoms with van der Waals surface area (Å²) in [6.07, 6.45) is 3.52. The summed E-state index contributed by atoms with van der Waals surface area (Å²) in [6.45, 7) is 0.0734. The Kier molecular flexibility index (Phi) is 5.16. The summed E-state index contributed by atoms with van der Waals surface area (Å²) < 4.78 is 9.08. The van der Waals surface area contributed by atoms with Crippen molar-refractivity contribution in [2.24, 2.45) is 0 Å². The number of hydrogen-bond donors (Lipinski definition) is 0. The molecule has 0 fully saturated rings. The minimum absolute atomic E-state index is 0.0734. The highest BCUT2D eigenvalue weighted by molar-refractivity contribution is 9.10. The van der Waals surface area contributed by atoms with E-state index < -0.39 is 0 Å². The molecule has 0 bridgehead atoms. The van der Waals surface area contributed by atoms with Gasteiger partial charge in [-0.2, -0.15) is 15.2 Å². The van der Waals surface area contributed by atoms with Crippen LogP contribution < -0.4 is 5.56 Å². The summed E-state index contributed by atoms with van der Waals surface area (Å²) in [5, 5.41) is 12.7. The summed E-state index contributed by atoms with van der Waals surface area (Å²) in [5.41, 5.74) is 2.58. The number of hydrogen-bond acceptors (Lipinski definition) is 7. The van der Waals surface area contributed by atoms with Gasteiger partial charge in [0.1, 0.15) is 18.4 Å². The lowest BCUT2D eigenvalue weighted by Gasteiger charge is -2.00. The van der Waals surface area contributed by atoms with Crippen LogP contribution in [0.1, 0.15) is 5.89 Å². The first-order chi connectivity index (χ1) is 15.1. The molecule has 0 spiro atoms. The van der Waals surface area contributed by atoms with Crippen LogP contribution in [0.4, 0.5) is 0 Å². The molecule has 3 aromatic heterocycles. The largest absolute Gasteiger partial charge is 0.337 e. The van der Waals surface area contributed by atoms with Gasteiger partial charge in [-0.05, 0) is 48.7 Å². The van der Waals surface area contributed by atoms with E-state index in [9.17, 15) is 4.79 Å². The second-order valence-electron chi connectivity index (χ2n) is 6.70. The first kappa shape index (κ1) is 19.7. The molecule has 10 heteroatoms. The van der Waals surface area contributed by atoms with E-state index >= 15 is 0 Å². The van der Waals surface area contributed by atoms with Crippen LogP contribution >= 0.6 is 27.7 Å². The molecule has 31 heavy (non-hydrogen) atoms. The molecule has 0 atom stereocenters. The topological polar surface area (TPSA) is 91.1 Å². The summed E-state index contributed by atoms with van der Waals surface area (Å²) in [7, 11) is 0. The van der Waals surface area contributed by atoms with Gasteiger partial charge in [0.2, 0.25) is 11.7 Å². The van der Waals surface area contributed by atoms with Gasteiger partial charge in [-0.3, -0.25) is 4.79 Å². The lowest BCUT2D eigenvalue weighted by atomic mass is 10.1. The van der Waals surface area contributed by atoms with Gasteiger partial charge in [-0.1, -0.05) is 33.2 Å². The van der Waals surface area contributed by atoms with Crippen LogP contribution in [0.2, 0.25) is 0 Å². The minimum Gasteiger partial charge on any atom is -0.337 e. The van der Waals surface area contributed by atoms with Crippen molar-refractivity contribution in [3.05, 3.63) is 81.6 Å². The Labute approximate surface area is 189 Å². The van der Waals surface area contributed by atoms with E-state index in [1.165, 1.54) is 15.5 Å². The molecule has 0 saturated carbocycles. The molecule has 0 aliphatic heterocycles. The molecule has 0 aliphatic rings. The van der Waals surface area contributed by atoms with Crippen molar-refractivity contribution < 1.29 is 4.52 Å². The quantitative estimate of drug-likeness (QED) is 0.339. The van der Waals surface area contributed by atoms with Crippen molar-refractivity contribution in [2.45, 2.75) is 11.4 Å². The molecular weight excluding hydrogens is 480 g/mol. The Balaban J connectivity index is 1.43. The molecular formula is C21H15BrN6O2S. The molecule has 154 valence electrons. The zero-order valence-corrected chi connectivity index (χ0v) is 18.7. The standard InChI is InChI=1S/C21H15BrN6O2S/c1-31-16-8-4-14(5-9-16)20-24-19(30-26-20)11-27-21(29)18-10-17(25-28(18)12-23-27)13-2-6-15(22)7-3-13/h2-10,12H,11H2,1H3. The molecule has 2 aromatic carbocycles. The SMILES string of the molecule is CSc1ccc(-c2noc(Cn3ncn4nc(-c5ccc(Br)cc5)cc4c3=O)n2)cc1. The first-order valence-corrected chi connectivity index (χ1v) is 11.3. The Hall–Kier alpha value is -3.24. The fourth-order valence-electron chi connectivity index (χ4n) is 3.12. The van der Waals surface area contributed by atoms with Gasteiger partial charge in [-0.25, -0.2) is 9.20 Å². The van der Waals surface area contributed by atoms with E-state index in [-0.39, 0.29) is 12.1 Å². The highest BCUT2D eigenvalue weighted by Crippen LogP contribution is 2.22. The number of aromatic nitrogens is 6. The summed E-state index contributed by atoms with van der Waals surface area (Å²) in [5.74, 6) is 0.772. The van der Waals surface area contributed by atoms with Crippen LogP contribution in [-0.4, -0.2) is 35.8 Å². The summed E-state index contributed by atoms with van der Waals surface area (Å²) in [6, 6.07) is 17.3. The number of halogens is 1. The van der Waals surface area contributed by atoms with Gasteiger partial charge >= 0.3 is 0 Å². The average molecular weight is 495 g/mol. The van der Waals surface area contributed by atoms with E-state index in [0.29, 0.717) is 22.9 Å². The molecule has 0 unspecified atom stereocenters. The maximum absolute atomic E-state index is 12.9. The summed E-state index contributed by atoms with van der Waals surface area (Å²) >= 11 is 5.08. The van der Waals surface area contributed by atoms with Gasteiger partial charge in [0.05, 0.1) is 5.69 Å². The van der Waals surface area contributed by atoms with Gasteiger partial charge in [-0.15, -0.1) is 11.8 Å². The van der Waals surface area contributed by atoms with Crippen molar-refractivity contribution in [3.8, 4) is 22.6 Å². The number of nitrogens with zero attached hydrogens (tertiary/aromatic N) is 6. The van der Waals surface area contributed by atoms with E-state index in [0.717, 1.165) is 20.5 Å².